The molecule has 3 aliphatic rings. The molecule has 0 aromatic heterocycles. The number of ketones is 2. The summed E-state index contributed by atoms with van der Waals surface area (Å²) in [7, 11) is 5.87. The number of piperazine rings is 1. The fourth-order valence-corrected chi connectivity index (χ4v) is 7.38. The zero-order valence-corrected chi connectivity index (χ0v) is 17.4. The van der Waals surface area contributed by atoms with E-state index in [9.17, 15) is 9.59 Å². The van der Waals surface area contributed by atoms with E-state index >= 15 is 0 Å². The molecule has 2 saturated heterocycles. The molecule has 0 N–H and O–H groups in total. The van der Waals surface area contributed by atoms with Gasteiger partial charge < -0.3 is 4.74 Å². The molecule has 144 valence electrons. The lowest BCUT2D eigenvalue weighted by Crippen LogP contribution is -2.52. The van der Waals surface area contributed by atoms with E-state index < -0.39 is 0 Å². The first-order valence-corrected chi connectivity index (χ1v) is 10.9. The predicted molar refractivity (Wildman–Crippen MR) is 110 cm³/mol. The van der Waals surface area contributed by atoms with Gasteiger partial charge in [-0.3, -0.25) is 19.4 Å². The number of hydrogen-bond donors (Lipinski definition) is 0. The highest BCUT2D eigenvalue weighted by Gasteiger charge is 2.44. The van der Waals surface area contributed by atoms with Crippen molar-refractivity contribution in [3.05, 3.63) is 39.6 Å². The number of likely N-dealkylation sites (N-methyl/N-ethyl adjacent to an activating group) is 2. The largest absolute Gasteiger partial charge is 0.497 e. The maximum Gasteiger partial charge on any atom is 0.168 e. The van der Waals surface area contributed by atoms with E-state index in [-0.39, 0.29) is 17.5 Å². The van der Waals surface area contributed by atoms with Crippen LogP contribution in [0.1, 0.15) is 24.3 Å². The second-order valence-corrected chi connectivity index (χ2v) is 9.88. The summed E-state index contributed by atoms with van der Waals surface area (Å²) >= 11 is 3.38. The van der Waals surface area contributed by atoms with Crippen molar-refractivity contribution in [1.82, 2.24) is 9.80 Å². The molecule has 0 spiro atoms. The number of ether oxygens (including phenoxy) is 1. The molecule has 4 rings (SSSR count). The van der Waals surface area contributed by atoms with Crippen LogP contribution in [0.5, 0.6) is 5.75 Å². The number of allylic oxidation sites excluding steroid dienone is 1. The van der Waals surface area contributed by atoms with Crippen LogP contribution < -0.4 is 4.74 Å². The lowest BCUT2D eigenvalue weighted by molar-refractivity contribution is -0.124. The number of carbonyl (C=O) groups excluding carboxylic acids is 2. The van der Waals surface area contributed by atoms with Crippen LogP contribution >= 0.6 is 23.5 Å². The monoisotopic (exact) mass is 404 g/mol. The molecule has 2 aliphatic heterocycles. The van der Waals surface area contributed by atoms with Crippen molar-refractivity contribution in [1.29, 1.82) is 0 Å². The van der Waals surface area contributed by atoms with Crippen molar-refractivity contribution >= 4 is 35.1 Å². The van der Waals surface area contributed by atoms with Crippen LogP contribution in [-0.4, -0.2) is 66.4 Å². The summed E-state index contributed by atoms with van der Waals surface area (Å²) in [5.74, 6) is 0.728. The minimum absolute atomic E-state index is 0.00831. The summed E-state index contributed by atoms with van der Waals surface area (Å²) in [4.78, 5) is 30.5. The Morgan fingerprint density at radius 1 is 0.926 bits per heavy atom. The summed E-state index contributed by atoms with van der Waals surface area (Å²) < 4.78 is 6.12. The normalized spacial score (nSPS) is 30.0. The van der Waals surface area contributed by atoms with Gasteiger partial charge in [-0.25, -0.2) is 0 Å². The first-order chi connectivity index (χ1) is 13.0. The Balaban J connectivity index is 1.55. The molecule has 1 aromatic rings. The Bertz CT molecular complexity index is 753. The van der Waals surface area contributed by atoms with Gasteiger partial charge in [-0.05, 0) is 37.7 Å². The Labute approximate surface area is 168 Å². The molecule has 27 heavy (non-hydrogen) atoms. The highest BCUT2D eigenvalue weighted by atomic mass is 32.2. The summed E-state index contributed by atoms with van der Waals surface area (Å²) in [5, 5.41) is 0.604. The van der Waals surface area contributed by atoms with Crippen LogP contribution in [0, 0.1) is 0 Å². The van der Waals surface area contributed by atoms with Crippen LogP contribution in [0.4, 0.5) is 0 Å². The maximum atomic E-state index is 12.9. The van der Waals surface area contributed by atoms with Crippen molar-refractivity contribution in [2.24, 2.45) is 0 Å². The fourth-order valence-electron chi connectivity index (χ4n) is 3.89. The molecule has 2 heterocycles. The second-order valence-electron chi connectivity index (χ2n) is 7.37. The Morgan fingerprint density at radius 3 is 1.93 bits per heavy atom. The van der Waals surface area contributed by atoms with Gasteiger partial charge in [-0.1, -0.05) is 35.7 Å². The molecule has 5 nitrogen and oxygen atoms in total. The molecule has 2 unspecified atom stereocenters. The Kier molecular flexibility index (Phi) is 5.38. The number of Topliss-reactive ketones (excluding diaryl/α,β-unsaturated/α-hetero) is 2. The van der Waals surface area contributed by atoms with Crippen molar-refractivity contribution in [3.8, 4) is 5.75 Å². The van der Waals surface area contributed by atoms with Gasteiger partial charge in [0.1, 0.15) is 5.75 Å². The number of thioether (sulfide) groups is 2. The van der Waals surface area contributed by atoms with Crippen LogP contribution in [-0.2, 0) is 9.59 Å². The Morgan fingerprint density at radius 2 is 1.44 bits per heavy atom. The molecular weight excluding hydrogens is 380 g/mol. The summed E-state index contributed by atoms with van der Waals surface area (Å²) in [5.41, 5.74) is 1.48. The van der Waals surface area contributed by atoms with Gasteiger partial charge in [-0.2, -0.15) is 0 Å². The average Bonchev–Trinajstić information content (AvgIpc) is 3.10. The first-order valence-electron chi connectivity index (χ1n) is 9.16. The quantitative estimate of drug-likeness (QED) is 0.555. The molecule has 7 heteroatoms. The Hall–Kier alpha value is -1.28. The molecule has 2 atom stereocenters. The van der Waals surface area contributed by atoms with E-state index in [1.54, 1.807) is 30.6 Å². The fraction of sp³-hybridized carbons (Fsp3) is 0.500. The molecule has 1 aliphatic carbocycles. The van der Waals surface area contributed by atoms with Crippen LogP contribution in [0.25, 0.3) is 0 Å². The average molecular weight is 405 g/mol. The third-order valence-corrected chi connectivity index (χ3v) is 8.89. The van der Waals surface area contributed by atoms with Crippen molar-refractivity contribution in [2.45, 2.75) is 29.5 Å². The van der Waals surface area contributed by atoms with Crippen molar-refractivity contribution < 1.29 is 14.3 Å². The number of carbonyl (C=O) groups is 2. The van der Waals surface area contributed by atoms with Gasteiger partial charge in [0.15, 0.2) is 11.6 Å². The van der Waals surface area contributed by atoms with E-state index in [1.807, 2.05) is 24.3 Å². The summed E-state index contributed by atoms with van der Waals surface area (Å²) in [6, 6.07) is 7.69. The molecule has 1 aromatic carbocycles. The van der Waals surface area contributed by atoms with Crippen LogP contribution in [0.3, 0.4) is 0 Å². The van der Waals surface area contributed by atoms with E-state index in [0.717, 1.165) is 28.6 Å². The third-order valence-electron chi connectivity index (χ3n) is 5.59. The van der Waals surface area contributed by atoms with Crippen molar-refractivity contribution in [3.63, 3.8) is 0 Å². The minimum atomic E-state index is -0.0377. The SMILES string of the molecule is COc1ccc(C2CC(=O)C(=C3SC4C(S3)N(C)CCN4C)C(=O)C2)cc1. The molecule has 1 saturated carbocycles. The molecule has 3 fully saturated rings. The standard InChI is InChI=1S/C20H24N2O3S2/c1-21-8-9-22(2)19-18(21)26-20(27-19)17-15(23)10-13(11-16(17)24)12-4-6-14(25-3)7-5-12/h4-7,13,18-19H,8-11H2,1-3H3. The lowest BCUT2D eigenvalue weighted by atomic mass is 9.80. The zero-order valence-electron chi connectivity index (χ0n) is 15.8. The van der Waals surface area contributed by atoms with Crippen LogP contribution in [0.15, 0.2) is 34.1 Å². The van der Waals surface area contributed by atoms with Crippen molar-refractivity contribution in [2.75, 3.05) is 34.3 Å². The van der Waals surface area contributed by atoms with E-state index in [4.69, 9.17) is 4.74 Å². The van der Waals surface area contributed by atoms with E-state index in [0.29, 0.717) is 29.2 Å². The smallest absolute Gasteiger partial charge is 0.168 e. The second kappa shape index (κ2) is 7.62. The van der Waals surface area contributed by atoms with Gasteiger partial charge in [0.2, 0.25) is 0 Å². The minimum Gasteiger partial charge on any atom is -0.497 e. The molecule has 0 radical (unpaired) electrons. The van der Waals surface area contributed by atoms with Gasteiger partial charge >= 0.3 is 0 Å². The number of rotatable bonds is 2. The highest BCUT2D eigenvalue weighted by Crippen LogP contribution is 2.52. The van der Waals surface area contributed by atoms with Gasteiger partial charge in [0, 0.05) is 25.9 Å². The van der Waals surface area contributed by atoms with E-state index in [2.05, 4.69) is 23.9 Å². The topological polar surface area (TPSA) is 49.9 Å². The number of nitrogens with zero attached hydrogens (tertiary/aromatic N) is 2. The molecular formula is C20H24N2O3S2. The summed E-state index contributed by atoms with van der Waals surface area (Å²) in [6.07, 6.45) is 0.804. The lowest BCUT2D eigenvalue weighted by Gasteiger charge is -2.39. The predicted octanol–water partition coefficient (Wildman–Crippen LogP) is 2.93. The number of hydrogen-bond acceptors (Lipinski definition) is 7. The number of methoxy groups -OCH3 is 1. The number of fused-ring (bicyclic) bond motifs is 1. The first kappa shape index (κ1) is 19.1. The maximum absolute atomic E-state index is 12.9. The van der Waals surface area contributed by atoms with Gasteiger partial charge in [0.25, 0.3) is 0 Å². The van der Waals surface area contributed by atoms with Crippen LogP contribution in [0.2, 0.25) is 0 Å². The number of benzene rings is 1. The molecule has 0 bridgehead atoms. The zero-order chi connectivity index (χ0) is 19.1. The third kappa shape index (κ3) is 3.58. The molecule has 0 amide bonds. The van der Waals surface area contributed by atoms with Gasteiger partial charge in [-0.15, -0.1) is 0 Å². The highest BCUT2D eigenvalue weighted by molar-refractivity contribution is 8.26. The van der Waals surface area contributed by atoms with Gasteiger partial charge in [0.05, 0.1) is 27.7 Å². The summed E-state index contributed by atoms with van der Waals surface area (Å²) in [6.45, 7) is 2.02. The van der Waals surface area contributed by atoms with E-state index in [1.165, 1.54) is 0 Å².